The maximum Gasteiger partial charge on any atom is 0.271 e. The molecule has 0 amide bonds. The highest BCUT2D eigenvalue weighted by atomic mass is 32.2. The molecule has 0 fully saturated rings. The zero-order valence-electron chi connectivity index (χ0n) is 16.1. The first-order chi connectivity index (χ1) is 13.9. The molecule has 0 atom stereocenters. The Bertz CT molecular complexity index is 1210. The highest BCUT2D eigenvalue weighted by Gasteiger charge is 2.29. The van der Waals surface area contributed by atoms with E-state index >= 15 is 0 Å². The Kier molecular flexibility index (Phi) is 4.94. The number of aryl methyl sites for hydroxylation is 2. The topological polar surface area (TPSA) is 63.4 Å². The maximum atomic E-state index is 13.5. The highest BCUT2D eigenvalue weighted by molar-refractivity contribution is 7.93. The van der Waals surface area contributed by atoms with Crippen LogP contribution in [0.15, 0.2) is 94.3 Å². The molecule has 0 N–H and O–H groups in total. The number of anilines is 2. The Labute approximate surface area is 170 Å². The van der Waals surface area contributed by atoms with Crippen molar-refractivity contribution in [2.45, 2.75) is 18.7 Å². The summed E-state index contributed by atoms with van der Waals surface area (Å²) in [6.45, 7) is 3.78. The van der Waals surface area contributed by atoms with E-state index in [1.54, 1.807) is 49.4 Å². The third kappa shape index (κ3) is 3.79. The average molecular weight is 404 g/mol. The van der Waals surface area contributed by atoms with Gasteiger partial charge >= 0.3 is 0 Å². The second-order valence-electron chi connectivity index (χ2n) is 6.80. The van der Waals surface area contributed by atoms with Crippen LogP contribution in [0.4, 0.5) is 11.6 Å². The van der Waals surface area contributed by atoms with E-state index in [1.807, 2.05) is 49.4 Å². The van der Waals surface area contributed by atoms with Gasteiger partial charge in [-0.25, -0.2) is 12.7 Å². The molecule has 5 nitrogen and oxygen atoms in total. The fourth-order valence-electron chi connectivity index (χ4n) is 3.06. The summed E-state index contributed by atoms with van der Waals surface area (Å²) in [6, 6.07) is 25.4. The lowest BCUT2D eigenvalue weighted by molar-refractivity contribution is 0.424. The van der Waals surface area contributed by atoms with Crippen LogP contribution in [0.1, 0.15) is 11.3 Å². The van der Waals surface area contributed by atoms with Gasteiger partial charge in [-0.3, -0.25) is 0 Å². The lowest BCUT2D eigenvalue weighted by Gasteiger charge is -2.21. The Morgan fingerprint density at radius 1 is 0.793 bits per heavy atom. The second kappa shape index (κ2) is 7.56. The van der Waals surface area contributed by atoms with Gasteiger partial charge < -0.3 is 4.52 Å². The molecule has 0 radical (unpaired) electrons. The number of rotatable bonds is 5. The minimum atomic E-state index is -3.90. The van der Waals surface area contributed by atoms with Gasteiger partial charge in [0.1, 0.15) is 0 Å². The maximum absolute atomic E-state index is 13.5. The lowest BCUT2D eigenvalue weighted by Crippen LogP contribution is -2.25. The van der Waals surface area contributed by atoms with Gasteiger partial charge in [-0.1, -0.05) is 65.3 Å². The van der Waals surface area contributed by atoms with Crippen molar-refractivity contribution in [2.75, 3.05) is 4.31 Å². The number of hydrogen-bond donors (Lipinski definition) is 0. The standard InChI is InChI=1S/C23H20N2O3S/c1-17-8-10-19(11-9-17)20-12-14-22(15-13-20)29(26,27)25(21-6-4-3-5-7-21)23-16-18(2)24-28-23/h3-16H,1-2H3. The van der Waals surface area contributed by atoms with Crippen molar-refractivity contribution in [3.63, 3.8) is 0 Å². The quantitative estimate of drug-likeness (QED) is 0.441. The van der Waals surface area contributed by atoms with Crippen LogP contribution in [0.3, 0.4) is 0 Å². The fraction of sp³-hybridized carbons (Fsp3) is 0.0870. The molecule has 0 aliphatic carbocycles. The number of aromatic nitrogens is 1. The number of nitrogens with zero attached hydrogens (tertiary/aromatic N) is 2. The third-order valence-electron chi connectivity index (χ3n) is 4.58. The van der Waals surface area contributed by atoms with Crippen molar-refractivity contribution in [2.24, 2.45) is 0 Å². The molecule has 0 bridgehead atoms. The Balaban J connectivity index is 1.76. The summed E-state index contributed by atoms with van der Waals surface area (Å²) >= 11 is 0. The second-order valence-corrected chi connectivity index (χ2v) is 8.59. The summed E-state index contributed by atoms with van der Waals surface area (Å²) in [5.41, 5.74) is 4.24. The van der Waals surface area contributed by atoms with Crippen LogP contribution in [0.25, 0.3) is 11.1 Å². The van der Waals surface area contributed by atoms with Gasteiger partial charge in [0.15, 0.2) is 0 Å². The molecule has 29 heavy (non-hydrogen) atoms. The Morgan fingerprint density at radius 2 is 1.38 bits per heavy atom. The summed E-state index contributed by atoms with van der Waals surface area (Å²) in [7, 11) is -3.90. The fourth-order valence-corrected chi connectivity index (χ4v) is 4.48. The zero-order valence-corrected chi connectivity index (χ0v) is 16.9. The lowest BCUT2D eigenvalue weighted by atomic mass is 10.0. The molecule has 0 aliphatic heterocycles. The molecule has 1 aromatic heterocycles. The van der Waals surface area contributed by atoms with E-state index in [4.69, 9.17) is 4.52 Å². The largest absolute Gasteiger partial charge is 0.337 e. The van der Waals surface area contributed by atoms with Crippen molar-refractivity contribution in [3.05, 3.63) is 96.2 Å². The number of para-hydroxylation sites is 1. The number of sulfonamides is 1. The van der Waals surface area contributed by atoms with Crippen molar-refractivity contribution in [1.29, 1.82) is 0 Å². The number of hydrogen-bond acceptors (Lipinski definition) is 4. The van der Waals surface area contributed by atoms with Gasteiger partial charge in [0.05, 0.1) is 16.3 Å². The first-order valence-corrected chi connectivity index (χ1v) is 10.6. The predicted octanol–water partition coefficient (Wildman–Crippen LogP) is 5.49. The molecule has 4 aromatic rings. The van der Waals surface area contributed by atoms with Crippen LogP contribution in [0.5, 0.6) is 0 Å². The summed E-state index contributed by atoms with van der Waals surface area (Å²) in [5, 5.41) is 3.85. The summed E-state index contributed by atoms with van der Waals surface area (Å²) in [4.78, 5) is 0.172. The van der Waals surface area contributed by atoms with Crippen LogP contribution in [0, 0.1) is 13.8 Å². The minimum Gasteiger partial charge on any atom is -0.337 e. The highest BCUT2D eigenvalue weighted by Crippen LogP contribution is 2.33. The zero-order chi connectivity index (χ0) is 20.4. The van der Waals surface area contributed by atoms with Gasteiger partial charge in [-0.15, -0.1) is 0 Å². The monoisotopic (exact) mass is 404 g/mol. The molecule has 146 valence electrons. The van der Waals surface area contributed by atoms with Gasteiger partial charge in [-0.05, 0) is 49.2 Å². The van der Waals surface area contributed by atoms with E-state index < -0.39 is 10.0 Å². The SMILES string of the molecule is Cc1ccc(-c2ccc(S(=O)(=O)N(c3ccccc3)c3cc(C)no3)cc2)cc1. The van der Waals surface area contributed by atoms with Crippen LogP contribution in [-0.2, 0) is 10.0 Å². The molecule has 0 aliphatic rings. The van der Waals surface area contributed by atoms with Crippen molar-refractivity contribution in [3.8, 4) is 11.1 Å². The Hall–Kier alpha value is -3.38. The van der Waals surface area contributed by atoms with E-state index in [0.29, 0.717) is 11.4 Å². The molecule has 0 spiro atoms. The molecule has 0 unspecified atom stereocenters. The first-order valence-electron chi connectivity index (χ1n) is 9.16. The van der Waals surface area contributed by atoms with Crippen molar-refractivity contribution < 1.29 is 12.9 Å². The molecule has 4 rings (SSSR count). The normalized spacial score (nSPS) is 11.4. The van der Waals surface area contributed by atoms with Crippen molar-refractivity contribution in [1.82, 2.24) is 5.16 Å². The molecular weight excluding hydrogens is 384 g/mol. The predicted molar refractivity (Wildman–Crippen MR) is 114 cm³/mol. The van der Waals surface area contributed by atoms with Gasteiger partial charge in [0, 0.05) is 6.07 Å². The average Bonchev–Trinajstić information content (AvgIpc) is 3.15. The minimum absolute atomic E-state index is 0.149. The van der Waals surface area contributed by atoms with E-state index in [2.05, 4.69) is 5.16 Å². The van der Waals surface area contributed by atoms with Crippen LogP contribution >= 0.6 is 0 Å². The summed E-state index contributed by atoms with van der Waals surface area (Å²) in [6.07, 6.45) is 0. The van der Waals surface area contributed by atoms with E-state index in [1.165, 1.54) is 9.87 Å². The van der Waals surface area contributed by atoms with Crippen LogP contribution in [0.2, 0.25) is 0 Å². The molecule has 1 heterocycles. The molecule has 0 saturated carbocycles. The third-order valence-corrected chi connectivity index (χ3v) is 6.32. The summed E-state index contributed by atoms with van der Waals surface area (Å²) < 4.78 is 33.4. The van der Waals surface area contributed by atoms with Crippen LogP contribution in [-0.4, -0.2) is 13.6 Å². The van der Waals surface area contributed by atoms with Crippen LogP contribution < -0.4 is 4.31 Å². The molecule has 3 aromatic carbocycles. The molecule has 6 heteroatoms. The van der Waals surface area contributed by atoms with E-state index in [9.17, 15) is 8.42 Å². The molecule has 0 saturated heterocycles. The van der Waals surface area contributed by atoms with E-state index in [-0.39, 0.29) is 10.8 Å². The smallest absolute Gasteiger partial charge is 0.271 e. The van der Waals surface area contributed by atoms with Gasteiger partial charge in [-0.2, -0.15) is 0 Å². The number of benzene rings is 3. The Morgan fingerprint density at radius 3 is 1.93 bits per heavy atom. The van der Waals surface area contributed by atoms with E-state index in [0.717, 1.165) is 11.1 Å². The first kappa shape index (κ1) is 19.0. The van der Waals surface area contributed by atoms with Gasteiger partial charge in [0.2, 0.25) is 5.88 Å². The molecular formula is C23H20N2O3S. The van der Waals surface area contributed by atoms with Gasteiger partial charge in [0.25, 0.3) is 10.0 Å². The van der Waals surface area contributed by atoms with Crippen molar-refractivity contribution >= 4 is 21.6 Å². The summed E-state index contributed by atoms with van der Waals surface area (Å²) in [5.74, 6) is 0.149.